The van der Waals surface area contributed by atoms with Gasteiger partial charge in [0.15, 0.2) is 0 Å². The SMILES string of the molecule is Cc1cnc(C)c(P)c1. The van der Waals surface area contributed by atoms with Gasteiger partial charge < -0.3 is 0 Å². The lowest BCUT2D eigenvalue weighted by atomic mass is 10.3. The summed E-state index contributed by atoms with van der Waals surface area (Å²) in [6, 6.07) is 2.10. The number of aromatic nitrogens is 1. The first-order valence-electron chi connectivity index (χ1n) is 2.89. The van der Waals surface area contributed by atoms with Crippen molar-refractivity contribution in [1.82, 2.24) is 4.98 Å². The highest BCUT2D eigenvalue weighted by atomic mass is 31.0. The molecule has 1 aromatic heterocycles. The minimum absolute atomic E-state index is 1.09. The third-order valence-corrected chi connectivity index (χ3v) is 1.85. The van der Waals surface area contributed by atoms with E-state index in [0.717, 1.165) is 5.69 Å². The van der Waals surface area contributed by atoms with Gasteiger partial charge in [-0.3, -0.25) is 4.98 Å². The highest BCUT2D eigenvalue weighted by Gasteiger charge is 1.90. The Hall–Kier alpha value is -0.420. The second-order valence-corrected chi connectivity index (χ2v) is 2.81. The van der Waals surface area contributed by atoms with E-state index < -0.39 is 0 Å². The van der Waals surface area contributed by atoms with E-state index in [1.54, 1.807) is 0 Å². The molecule has 0 aromatic carbocycles. The van der Waals surface area contributed by atoms with Crippen molar-refractivity contribution in [3.05, 3.63) is 23.5 Å². The van der Waals surface area contributed by atoms with E-state index in [9.17, 15) is 0 Å². The Morgan fingerprint density at radius 3 is 2.56 bits per heavy atom. The van der Waals surface area contributed by atoms with Gasteiger partial charge >= 0.3 is 0 Å². The summed E-state index contributed by atoms with van der Waals surface area (Å²) in [6.45, 7) is 4.04. The van der Waals surface area contributed by atoms with Crippen LogP contribution >= 0.6 is 9.24 Å². The Bertz CT molecular complexity index is 220. The van der Waals surface area contributed by atoms with Crippen LogP contribution in [0.4, 0.5) is 0 Å². The fourth-order valence-corrected chi connectivity index (χ4v) is 0.998. The molecule has 1 unspecified atom stereocenters. The maximum absolute atomic E-state index is 4.16. The summed E-state index contributed by atoms with van der Waals surface area (Å²) in [5, 5.41) is 1.19. The Kier molecular flexibility index (Phi) is 1.82. The standard InChI is InChI=1S/C7H10NP/c1-5-3-7(9)6(2)8-4-5/h3-4H,9H2,1-2H3. The van der Waals surface area contributed by atoms with Crippen molar-refractivity contribution in [2.24, 2.45) is 0 Å². The van der Waals surface area contributed by atoms with Crippen LogP contribution in [0.1, 0.15) is 11.3 Å². The van der Waals surface area contributed by atoms with Crippen molar-refractivity contribution < 1.29 is 0 Å². The average Bonchev–Trinajstić information content (AvgIpc) is 1.80. The van der Waals surface area contributed by atoms with Gasteiger partial charge in [-0.2, -0.15) is 0 Å². The maximum atomic E-state index is 4.16. The van der Waals surface area contributed by atoms with Crippen LogP contribution in [0.3, 0.4) is 0 Å². The first-order valence-corrected chi connectivity index (χ1v) is 3.46. The van der Waals surface area contributed by atoms with Gasteiger partial charge in [0.1, 0.15) is 0 Å². The van der Waals surface area contributed by atoms with Gasteiger partial charge in [-0.05, 0) is 30.8 Å². The Balaban J connectivity index is 3.17. The van der Waals surface area contributed by atoms with E-state index in [1.165, 1.54) is 10.9 Å². The molecule has 1 rings (SSSR count). The van der Waals surface area contributed by atoms with Crippen molar-refractivity contribution in [2.75, 3.05) is 0 Å². The molecule has 0 aliphatic rings. The van der Waals surface area contributed by atoms with E-state index in [-0.39, 0.29) is 0 Å². The first-order chi connectivity index (χ1) is 4.20. The molecule has 48 valence electrons. The summed E-state index contributed by atoms with van der Waals surface area (Å²) in [5.41, 5.74) is 2.30. The lowest BCUT2D eigenvalue weighted by molar-refractivity contribution is 1.19. The molecular formula is C7H10NP. The van der Waals surface area contributed by atoms with Crippen molar-refractivity contribution >= 4 is 14.5 Å². The molecule has 0 amide bonds. The highest BCUT2D eigenvalue weighted by molar-refractivity contribution is 7.27. The first kappa shape index (κ1) is 6.70. The lowest BCUT2D eigenvalue weighted by Gasteiger charge is -1.97. The molecular weight excluding hydrogens is 129 g/mol. The molecule has 0 bridgehead atoms. The van der Waals surface area contributed by atoms with Crippen LogP contribution in [0, 0.1) is 13.8 Å². The van der Waals surface area contributed by atoms with Gasteiger partial charge in [0.05, 0.1) is 0 Å². The summed E-state index contributed by atoms with van der Waals surface area (Å²) >= 11 is 0. The zero-order valence-electron chi connectivity index (χ0n) is 5.68. The van der Waals surface area contributed by atoms with Crippen LogP contribution in [0.15, 0.2) is 12.3 Å². The van der Waals surface area contributed by atoms with Gasteiger partial charge in [0.2, 0.25) is 0 Å². The van der Waals surface area contributed by atoms with Gasteiger partial charge in [-0.15, -0.1) is 9.24 Å². The molecule has 0 fully saturated rings. The van der Waals surface area contributed by atoms with E-state index >= 15 is 0 Å². The molecule has 9 heavy (non-hydrogen) atoms. The average molecular weight is 139 g/mol. The van der Waals surface area contributed by atoms with Crippen LogP contribution in [-0.4, -0.2) is 4.98 Å². The summed E-state index contributed by atoms with van der Waals surface area (Å²) in [4.78, 5) is 4.16. The molecule has 1 atom stereocenters. The van der Waals surface area contributed by atoms with Crippen molar-refractivity contribution in [2.45, 2.75) is 13.8 Å². The zero-order valence-corrected chi connectivity index (χ0v) is 6.83. The number of nitrogens with zero attached hydrogens (tertiary/aromatic N) is 1. The summed E-state index contributed by atoms with van der Waals surface area (Å²) < 4.78 is 0. The van der Waals surface area contributed by atoms with Crippen LogP contribution in [-0.2, 0) is 0 Å². The van der Waals surface area contributed by atoms with Gasteiger partial charge in [0, 0.05) is 11.9 Å². The fourth-order valence-electron chi connectivity index (χ4n) is 0.660. The minimum atomic E-state index is 1.09. The van der Waals surface area contributed by atoms with Gasteiger partial charge in [-0.1, -0.05) is 0 Å². The predicted molar refractivity (Wildman–Crippen MR) is 43.1 cm³/mol. The molecule has 1 heterocycles. The normalized spacial score (nSPS) is 9.67. The highest BCUT2D eigenvalue weighted by Crippen LogP contribution is 1.97. The third-order valence-electron chi connectivity index (χ3n) is 1.26. The number of hydrogen-bond acceptors (Lipinski definition) is 1. The monoisotopic (exact) mass is 139 g/mol. The van der Waals surface area contributed by atoms with Crippen LogP contribution in [0.25, 0.3) is 0 Å². The molecule has 0 saturated heterocycles. The molecule has 0 saturated carbocycles. The topological polar surface area (TPSA) is 12.9 Å². The Morgan fingerprint density at radius 1 is 1.44 bits per heavy atom. The number of aryl methyl sites for hydroxylation is 2. The van der Waals surface area contributed by atoms with Crippen molar-refractivity contribution in [3.8, 4) is 0 Å². The second kappa shape index (κ2) is 2.45. The van der Waals surface area contributed by atoms with E-state index in [4.69, 9.17) is 0 Å². The predicted octanol–water partition coefficient (Wildman–Crippen LogP) is 1.20. The minimum Gasteiger partial charge on any atom is -0.261 e. The number of pyridine rings is 1. The molecule has 0 aliphatic carbocycles. The van der Waals surface area contributed by atoms with Crippen molar-refractivity contribution in [3.63, 3.8) is 0 Å². The molecule has 0 aliphatic heterocycles. The maximum Gasteiger partial charge on any atom is 0.0444 e. The fraction of sp³-hybridized carbons (Fsp3) is 0.286. The molecule has 0 spiro atoms. The summed E-state index contributed by atoms with van der Waals surface area (Å²) in [6.07, 6.45) is 1.88. The molecule has 1 nitrogen and oxygen atoms in total. The quantitative estimate of drug-likeness (QED) is 0.492. The van der Waals surface area contributed by atoms with E-state index in [2.05, 4.69) is 20.3 Å². The summed E-state index contributed by atoms with van der Waals surface area (Å²) in [5.74, 6) is 0. The molecule has 1 aromatic rings. The smallest absolute Gasteiger partial charge is 0.0444 e. The van der Waals surface area contributed by atoms with Gasteiger partial charge in [0.25, 0.3) is 0 Å². The van der Waals surface area contributed by atoms with Crippen molar-refractivity contribution in [1.29, 1.82) is 0 Å². The lowest BCUT2D eigenvalue weighted by Crippen LogP contribution is -1.99. The zero-order chi connectivity index (χ0) is 6.85. The van der Waals surface area contributed by atoms with E-state index in [1.807, 2.05) is 20.0 Å². The number of hydrogen-bond donors (Lipinski definition) is 0. The second-order valence-electron chi connectivity index (χ2n) is 2.19. The van der Waals surface area contributed by atoms with E-state index in [0.29, 0.717) is 0 Å². The van der Waals surface area contributed by atoms with Crippen LogP contribution in [0.2, 0.25) is 0 Å². The number of rotatable bonds is 0. The van der Waals surface area contributed by atoms with Crippen LogP contribution in [0.5, 0.6) is 0 Å². The van der Waals surface area contributed by atoms with Gasteiger partial charge in [-0.25, -0.2) is 0 Å². The third kappa shape index (κ3) is 1.49. The Morgan fingerprint density at radius 2 is 2.11 bits per heavy atom. The largest absolute Gasteiger partial charge is 0.261 e. The molecule has 0 N–H and O–H groups in total. The molecule has 2 heteroatoms. The Labute approximate surface area is 57.7 Å². The molecule has 0 radical (unpaired) electrons. The van der Waals surface area contributed by atoms with Crippen LogP contribution < -0.4 is 5.30 Å². The summed E-state index contributed by atoms with van der Waals surface area (Å²) in [7, 11) is 2.66.